The molecule has 0 spiro atoms. The van der Waals surface area contributed by atoms with Crippen LogP contribution in [0.2, 0.25) is 0 Å². The molecule has 0 atom stereocenters. The SMILES string of the molecule is CC(C)(C)c1cc2ccc3c4cc(c5ccc(c1)c2c35)N(c1cccc2ccccc12)c1cccc(c1)N(c1ccccc1)c1cccc(c1)N4c1cccc2ccccc12. The number of para-hydroxylation sites is 1. The normalized spacial score (nSPS) is 13.1. The number of rotatable bonds is 3. The van der Waals surface area contributed by atoms with E-state index in [9.17, 15) is 0 Å². The molecule has 6 bridgehead atoms. The number of hydrogen-bond acceptors (Lipinski definition) is 3. The first kappa shape index (κ1) is 35.3. The molecule has 3 heteroatoms. The van der Waals surface area contributed by atoms with Crippen LogP contribution in [-0.2, 0) is 5.41 Å². The minimum absolute atomic E-state index is 0.00846. The van der Waals surface area contributed by atoms with Crippen LogP contribution in [0.1, 0.15) is 26.3 Å². The molecule has 3 nitrogen and oxygen atoms in total. The van der Waals surface area contributed by atoms with Gasteiger partial charge >= 0.3 is 0 Å². The van der Waals surface area contributed by atoms with Crippen LogP contribution >= 0.6 is 0 Å². The molecule has 11 aromatic rings. The maximum Gasteiger partial charge on any atom is 0.0561 e. The van der Waals surface area contributed by atoms with E-state index in [-0.39, 0.29) is 5.41 Å². The van der Waals surface area contributed by atoms with E-state index in [1.54, 1.807) is 0 Å². The summed E-state index contributed by atoms with van der Waals surface area (Å²) < 4.78 is 0. The van der Waals surface area contributed by atoms with Gasteiger partial charge in [-0.1, -0.05) is 160 Å². The molecular formula is C58H43N3. The highest BCUT2D eigenvalue weighted by Gasteiger charge is 2.28. The van der Waals surface area contributed by atoms with E-state index in [1.165, 1.54) is 59.4 Å². The molecule has 0 aromatic heterocycles. The Morgan fingerprint density at radius 2 is 0.705 bits per heavy atom. The Balaban J connectivity index is 1.29. The van der Waals surface area contributed by atoms with Gasteiger partial charge in [0.15, 0.2) is 0 Å². The van der Waals surface area contributed by atoms with Crippen molar-refractivity contribution < 1.29 is 0 Å². The molecule has 11 aromatic carbocycles. The van der Waals surface area contributed by atoms with Crippen molar-refractivity contribution in [2.24, 2.45) is 0 Å². The van der Waals surface area contributed by atoms with Crippen LogP contribution in [0.4, 0.5) is 51.2 Å². The van der Waals surface area contributed by atoms with Gasteiger partial charge in [0, 0.05) is 55.4 Å². The molecule has 0 aliphatic carbocycles. The zero-order chi connectivity index (χ0) is 40.8. The quantitative estimate of drug-likeness (QED) is 0.165. The van der Waals surface area contributed by atoms with Gasteiger partial charge in [0.1, 0.15) is 0 Å². The number of benzene rings is 11. The molecule has 0 saturated heterocycles. The monoisotopic (exact) mass is 781 g/mol. The number of nitrogens with zero attached hydrogens (tertiary/aromatic N) is 3. The molecule has 12 rings (SSSR count). The van der Waals surface area contributed by atoms with E-state index in [1.807, 2.05) is 0 Å². The van der Waals surface area contributed by atoms with Crippen molar-refractivity contribution >= 4 is 105 Å². The maximum absolute atomic E-state index is 2.52. The molecule has 0 amide bonds. The molecule has 61 heavy (non-hydrogen) atoms. The van der Waals surface area contributed by atoms with Gasteiger partial charge in [0.05, 0.1) is 22.7 Å². The lowest BCUT2D eigenvalue weighted by Gasteiger charge is -2.35. The van der Waals surface area contributed by atoms with Gasteiger partial charge in [0.2, 0.25) is 0 Å². The van der Waals surface area contributed by atoms with Gasteiger partial charge < -0.3 is 14.7 Å². The molecule has 1 aliphatic heterocycles. The van der Waals surface area contributed by atoms with Gasteiger partial charge in [-0.05, 0) is 105 Å². The highest BCUT2D eigenvalue weighted by Crippen LogP contribution is 2.53. The fourth-order valence-electron chi connectivity index (χ4n) is 9.87. The van der Waals surface area contributed by atoms with E-state index in [0.717, 1.165) is 51.2 Å². The Bertz CT molecular complexity index is 3280. The highest BCUT2D eigenvalue weighted by atomic mass is 15.2. The minimum Gasteiger partial charge on any atom is -0.310 e. The average molecular weight is 782 g/mol. The lowest BCUT2D eigenvalue weighted by atomic mass is 9.83. The van der Waals surface area contributed by atoms with Gasteiger partial charge in [-0.25, -0.2) is 0 Å². The molecule has 0 unspecified atom stereocenters. The van der Waals surface area contributed by atoms with Crippen molar-refractivity contribution in [1.29, 1.82) is 0 Å². The van der Waals surface area contributed by atoms with E-state index >= 15 is 0 Å². The van der Waals surface area contributed by atoms with Crippen molar-refractivity contribution in [3.63, 3.8) is 0 Å². The first-order valence-corrected chi connectivity index (χ1v) is 21.3. The van der Waals surface area contributed by atoms with E-state index < -0.39 is 0 Å². The number of fused-ring (bicyclic) bond motifs is 10. The lowest BCUT2D eigenvalue weighted by Crippen LogP contribution is -2.17. The predicted molar refractivity (Wildman–Crippen MR) is 261 cm³/mol. The summed E-state index contributed by atoms with van der Waals surface area (Å²) in [6, 6.07) is 76.6. The Labute approximate surface area is 356 Å². The van der Waals surface area contributed by atoms with Crippen LogP contribution < -0.4 is 14.7 Å². The number of hydrogen-bond donors (Lipinski definition) is 0. The largest absolute Gasteiger partial charge is 0.310 e. The topological polar surface area (TPSA) is 9.72 Å². The second-order valence-electron chi connectivity index (χ2n) is 17.4. The van der Waals surface area contributed by atoms with Crippen LogP contribution in [0.15, 0.2) is 206 Å². The highest BCUT2D eigenvalue weighted by molar-refractivity contribution is 6.29. The fourth-order valence-corrected chi connectivity index (χ4v) is 9.87. The lowest BCUT2D eigenvalue weighted by molar-refractivity contribution is 0.591. The Kier molecular flexibility index (Phi) is 7.79. The summed E-state index contributed by atoms with van der Waals surface area (Å²) in [5.41, 5.74) is 11.3. The van der Waals surface area contributed by atoms with Crippen LogP contribution in [0.3, 0.4) is 0 Å². The molecule has 0 saturated carbocycles. The summed E-state index contributed by atoms with van der Waals surface area (Å²) >= 11 is 0. The van der Waals surface area contributed by atoms with Crippen LogP contribution in [0, 0.1) is 0 Å². The third-order valence-electron chi connectivity index (χ3n) is 12.7. The van der Waals surface area contributed by atoms with Gasteiger partial charge in [-0.15, -0.1) is 0 Å². The summed E-state index contributed by atoms with van der Waals surface area (Å²) in [6.45, 7) is 6.93. The van der Waals surface area contributed by atoms with Gasteiger partial charge in [0.25, 0.3) is 0 Å². The zero-order valence-corrected chi connectivity index (χ0v) is 34.5. The minimum atomic E-state index is 0.00846. The smallest absolute Gasteiger partial charge is 0.0561 e. The first-order chi connectivity index (χ1) is 29.9. The van der Waals surface area contributed by atoms with Crippen LogP contribution in [0.25, 0.3) is 53.9 Å². The molecule has 1 heterocycles. The molecular weight excluding hydrogens is 739 g/mol. The molecule has 0 fully saturated rings. The molecule has 0 radical (unpaired) electrons. The van der Waals surface area contributed by atoms with Gasteiger partial charge in [-0.3, -0.25) is 0 Å². The van der Waals surface area contributed by atoms with Crippen LogP contribution in [-0.4, -0.2) is 0 Å². The third kappa shape index (κ3) is 5.58. The van der Waals surface area contributed by atoms with E-state index in [0.29, 0.717) is 0 Å². The van der Waals surface area contributed by atoms with E-state index in [4.69, 9.17) is 0 Å². The Hall–Kier alpha value is -7.62. The Morgan fingerprint density at radius 1 is 0.279 bits per heavy atom. The van der Waals surface area contributed by atoms with E-state index in [2.05, 4.69) is 242 Å². The zero-order valence-electron chi connectivity index (χ0n) is 34.5. The van der Waals surface area contributed by atoms with Crippen molar-refractivity contribution in [2.75, 3.05) is 14.7 Å². The van der Waals surface area contributed by atoms with Crippen molar-refractivity contribution in [3.8, 4) is 0 Å². The summed E-state index contributed by atoms with van der Waals surface area (Å²) in [7, 11) is 0. The van der Waals surface area contributed by atoms with Crippen molar-refractivity contribution in [1.82, 2.24) is 0 Å². The molecule has 0 N–H and O–H groups in total. The number of anilines is 9. The maximum atomic E-state index is 2.52. The van der Waals surface area contributed by atoms with Crippen molar-refractivity contribution in [2.45, 2.75) is 26.2 Å². The second kappa shape index (κ2) is 13.5. The summed E-state index contributed by atoms with van der Waals surface area (Å²) in [5.74, 6) is 0. The van der Waals surface area contributed by atoms with Crippen molar-refractivity contribution in [3.05, 3.63) is 212 Å². The Morgan fingerprint density at radius 3 is 1.21 bits per heavy atom. The first-order valence-electron chi connectivity index (χ1n) is 21.3. The third-order valence-corrected chi connectivity index (χ3v) is 12.7. The fraction of sp³-hybridized carbons (Fsp3) is 0.0690. The standard InChI is InChI=1S/C58H43N3/c1-58(2,3)42-33-40-29-31-50-54-37-55(51-32-30-41(34-42)56(40)57(50)51)61(53-28-12-18-39-16-8-10-26-49(39)53)47-24-14-22-45(36-47)59(43-19-5-4-6-20-43)44-21-13-23-46(35-44)60(54)52-27-11-17-38-15-7-9-25-48(38)52/h4-37H,1-3H3. The second-order valence-corrected chi connectivity index (χ2v) is 17.4. The molecule has 290 valence electrons. The van der Waals surface area contributed by atoms with Gasteiger partial charge in [-0.2, -0.15) is 0 Å². The predicted octanol–water partition coefficient (Wildman–Crippen LogP) is 16.9. The van der Waals surface area contributed by atoms with Crippen LogP contribution in [0.5, 0.6) is 0 Å². The summed E-state index contributed by atoms with van der Waals surface area (Å²) in [4.78, 5) is 7.42. The summed E-state index contributed by atoms with van der Waals surface area (Å²) in [5, 5.41) is 12.3. The average Bonchev–Trinajstić information content (AvgIpc) is 3.29. The molecule has 1 aliphatic rings. The summed E-state index contributed by atoms with van der Waals surface area (Å²) in [6.07, 6.45) is 0.